The molecule has 0 spiro atoms. The Morgan fingerprint density at radius 1 is 1.16 bits per heavy atom. The molecule has 3 aliphatic carbocycles. The van der Waals surface area contributed by atoms with Gasteiger partial charge in [0.1, 0.15) is 0 Å². The maximum Gasteiger partial charge on any atom is 0.226 e. The van der Waals surface area contributed by atoms with Crippen molar-refractivity contribution in [1.29, 1.82) is 0 Å². The molecular formula is C16H24N2O. The minimum atomic E-state index is 0.284. The molecule has 19 heavy (non-hydrogen) atoms. The van der Waals surface area contributed by atoms with E-state index in [2.05, 4.69) is 17.1 Å². The summed E-state index contributed by atoms with van der Waals surface area (Å²) < 4.78 is 0. The normalized spacial score (nSPS) is 47.7. The van der Waals surface area contributed by atoms with Crippen molar-refractivity contribution in [1.82, 2.24) is 4.90 Å². The second-order valence-corrected chi connectivity index (χ2v) is 7.15. The van der Waals surface area contributed by atoms with Crippen LogP contribution in [0.1, 0.15) is 32.1 Å². The van der Waals surface area contributed by atoms with Gasteiger partial charge >= 0.3 is 0 Å². The number of hydrogen-bond donors (Lipinski definition) is 1. The second kappa shape index (κ2) is 4.34. The predicted molar refractivity (Wildman–Crippen MR) is 74.2 cm³/mol. The van der Waals surface area contributed by atoms with Crippen LogP contribution in [0.15, 0.2) is 12.2 Å². The SMILES string of the molecule is NC1CCCC2CN(C(=O)C3CC4C=CC3C4)CC12. The lowest BCUT2D eigenvalue weighted by Gasteiger charge is -2.29. The van der Waals surface area contributed by atoms with Crippen LogP contribution in [0, 0.1) is 29.6 Å². The molecule has 0 aromatic carbocycles. The Kier molecular flexibility index (Phi) is 2.73. The fraction of sp³-hybridized carbons (Fsp3) is 0.812. The highest BCUT2D eigenvalue weighted by atomic mass is 16.2. The van der Waals surface area contributed by atoms with Crippen LogP contribution in [0.5, 0.6) is 0 Å². The van der Waals surface area contributed by atoms with Gasteiger partial charge in [0.05, 0.1) is 0 Å². The molecule has 3 nitrogen and oxygen atoms in total. The van der Waals surface area contributed by atoms with Gasteiger partial charge in [-0.05, 0) is 49.4 Å². The van der Waals surface area contributed by atoms with Crippen molar-refractivity contribution >= 4 is 5.91 Å². The molecule has 4 aliphatic rings. The van der Waals surface area contributed by atoms with Crippen molar-refractivity contribution in [3.8, 4) is 0 Å². The largest absolute Gasteiger partial charge is 0.342 e. The van der Waals surface area contributed by atoms with Gasteiger partial charge in [-0.15, -0.1) is 0 Å². The van der Waals surface area contributed by atoms with Crippen LogP contribution in [0.4, 0.5) is 0 Å². The number of nitrogens with two attached hydrogens (primary N) is 1. The molecule has 0 aromatic rings. The van der Waals surface area contributed by atoms with E-state index >= 15 is 0 Å². The Balaban J connectivity index is 1.46. The molecule has 1 aliphatic heterocycles. The first-order valence-electron chi connectivity index (χ1n) is 7.95. The molecule has 1 heterocycles. The monoisotopic (exact) mass is 260 g/mol. The zero-order valence-electron chi connectivity index (χ0n) is 11.5. The quantitative estimate of drug-likeness (QED) is 0.731. The highest BCUT2D eigenvalue weighted by Crippen LogP contribution is 2.45. The van der Waals surface area contributed by atoms with Gasteiger partial charge in [0, 0.05) is 25.0 Å². The molecule has 0 radical (unpaired) electrons. The first kappa shape index (κ1) is 12.0. The third-order valence-electron chi connectivity index (χ3n) is 6.06. The Bertz CT molecular complexity index is 419. The third-order valence-corrected chi connectivity index (χ3v) is 6.06. The molecule has 2 bridgehead atoms. The summed E-state index contributed by atoms with van der Waals surface area (Å²) in [6.45, 7) is 1.91. The van der Waals surface area contributed by atoms with E-state index in [0.29, 0.717) is 35.6 Å². The van der Waals surface area contributed by atoms with Gasteiger partial charge in [-0.3, -0.25) is 4.79 Å². The summed E-state index contributed by atoms with van der Waals surface area (Å²) in [6, 6.07) is 0.330. The molecule has 6 atom stereocenters. The molecular weight excluding hydrogens is 236 g/mol. The summed E-state index contributed by atoms with van der Waals surface area (Å²) in [5, 5.41) is 0. The third kappa shape index (κ3) is 1.85. The molecule has 4 rings (SSSR count). The second-order valence-electron chi connectivity index (χ2n) is 7.15. The van der Waals surface area contributed by atoms with Crippen molar-refractivity contribution < 1.29 is 4.79 Å². The lowest BCUT2D eigenvalue weighted by atomic mass is 9.78. The van der Waals surface area contributed by atoms with E-state index in [1.54, 1.807) is 0 Å². The van der Waals surface area contributed by atoms with Crippen molar-refractivity contribution in [3.63, 3.8) is 0 Å². The van der Waals surface area contributed by atoms with Crippen LogP contribution < -0.4 is 5.73 Å². The van der Waals surface area contributed by atoms with E-state index in [1.807, 2.05) is 0 Å². The Hall–Kier alpha value is -0.830. The van der Waals surface area contributed by atoms with Gasteiger partial charge in [-0.1, -0.05) is 18.6 Å². The van der Waals surface area contributed by atoms with Crippen LogP contribution in [0.25, 0.3) is 0 Å². The predicted octanol–water partition coefficient (Wildman–Crippen LogP) is 1.78. The van der Waals surface area contributed by atoms with E-state index in [1.165, 1.54) is 19.3 Å². The fourth-order valence-electron chi connectivity index (χ4n) is 5.00. The lowest BCUT2D eigenvalue weighted by Crippen LogP contribution is -2.39. The standard InChI is InChI=1S/C16H24N2O/c17-15-3-1-2-12-8-18(9-14(12)15)16(19)13-7-10-4-5-11(13)6-10/h4-5,10-15H,1-3,6-9,17H2. The van der Waals surface area contributed by atoms with E-state index < -0.39 is 0 Å². The average molecular weight is 260 g/mol. The maximum atomic E-state index is 12.7. The Morgan fingerprint density at radius 2 is 2.05 bits per heavy atom. The van der Waals surface area contributed by atoms with Gasteiger partial charge in [0.15, 0.2) is 0 Å². The van der Waals surface area contributed by atoms with Crippen molar-refractivity contribution in [2.75, 3.05) is 13.1 Å². The first-order chi connectivity index (χ1) is 9.22. The maximum absolute atomic E-state index is 12.7. The molecule has 0 aromatic heterocycles. The number of allylic oxidation sites excluding steroid dienone is 2. The molecule has 104 valence electrons. The zero-order chi connectivity index (χ0) is 13.0. The summed E-state index contributed by atoms with van der Waals surface area (Å²) in [7, 11) is 0. The molecule has 6 unspecified atom stereocenters. The summed E-state index contributed by atoms with van der Waals surface area (Å²) in [5.41, 5.74) is 6.25. The van der Waals surface area contributed by atoms with E-state index in [0.717, 1.165) is 25.9 Å². The van der Waals surface area contributed by atoms with Crippen molar-refractivity contribution in [3.05, 3.63) is 12.2 Å². The summed E-state index contributed by atoms with van der Waals surface area (Å²) in [6.07, 6.45) is 10.6. The van der Waals surface area contributed by atoms with Crippen LogP contribution in [0.3, 0.4) is 0 Å². The van der Waals surface area contributed by atoms with E-state index in [9.17, 15) is 4.79 Å². The molecule has 3 fully saturated rings. The van der Waals surface area contributed by atoms with E-state index in [-0.39, 0.29) is 5.92 Å². The average Bonchev–Trinajstić information content (AvgIpc) is 3.12. The lowest BCUT2D eigenvalue weighted by molar-refractivity contribution is -0.135. The molecule has 2 saturated carbocycles. The smallest absolute Gasteiger partial charge is 0.226 e. The van der Waals surface area contributed by atoms with Crippen LogP contribution >= 0.6 is 0 Å². The number of hydrogen-bond acceptors (Lipinski definition) is 2. The number of amides is 1. The number of carbonyl (C=O) groups excluding carboxylic acids is 1. The van der Waals surface area contributed by atoms with Gasteiger partial charge < -0.3 is 10.6 Å². The van der Waals surface area contributed by atoms with E-state index in [4.69, 9.17) is 5.73 Å². The molecule has 3 heteroatoms. The number of rotatable bonds is 1. The Labute approximate surface area is 115 Å². The molecule has 1 saturated heterocycles. The highest BCUT2D eigenvalue weighted by molar-refractivity contribution is 5.80. The first-order valence-corrected chi connectivity index (χ1v) is 7.95. The van der Waals surface area contributed by atoms with Gasteiger partial charge in [-0.25, -0.2) is 0 Å². The molecule has 1 amide bonds. The van der Waals surface area contributed by atoms with Gasteiger partial charge in [0.25, 0.3) is 0 Å². The zero-order valence-corrected chi connectivity index (χ0v) is 11.5. The number of fused-ring (bicyclic) bond motifs is 3. The molecule has 2 N–H and O–H groups in total. The minimum Gasteiger partial charge on any atom is -0.342 e. The topological polar surface area (TPSA) is 46.3 Å². The Morgan fingerprint density at radius 3 is 2.74 bits per heavy atom. The van der Waals surface area contributed by atoms with Gasteiger partial charge in [0.2, 0.25) is 5.91 Å². The van der Waals surface area contributed by atoms with Crippen LogP contribution in [-0.2, 0) is 4.79 Å². The van der Waals surface area contributed by atoms with Crippen LogP contribution in [-0.4, -0.2) is 29.9 Å². The fourth-order valence-corrected chi connectivity index (χ4v) is 5.00. The van der Waals surface area contributed by atoms with Gasteiger partial charge in [-0.2, -0.15) is 0 Å². The number of carbonyl (C=O) groups is 1. The summed E-state index contributed by atoms with van der Waals surface area (Å²) in [4.78, 5) is 14.9. The van der Waals surface area contributed by atoms with Crippen molar-refractivity contribution in [2.24, 2.45) is 35.3 Å². The van der Waals surface area contributed by atoms with Crippen LogP contribution in [0.2, 0.25) is 0 Å². The minimum absolute atomic E-state index is 0.284. The summed E-state index contributed by atoms with van der Waals surface area (Å²) in [5.74, 6) is 3.19. The number of nitrogens with zero attached hydrogens (tertiary/aromatic N) is 1. The van der Waals surface area contributed by atoms with Crippen molar-refractivity contribution in [2.45, 2.75) is 38.1 Å². The highest BCUT2D eigenvalue weighted by Gasteiger charge is 2.46. The number of likely N-dealkylation sites (tertiary alicyclic amines) is 1. The summed E-state index contributed by atoms with van der Waals surface area (Å²) >= 11 is 0.